The highest BCUT2D eigenvalue weighted by Crippen LogP contribution is 2.50. The molecule has 2 aromatic rings. The third kappa shape index (κ3) is 4.65. The molecule has 10 heteroatoms. The Morgan fingerprint density at radius 2 is 2.00 bits per heavy atom. The number of nitrogens with one attached hydrogen (secondary N) is 1. The summed E-state index contributed by atoms with van der Waals surface area (Å²) in [7, 11) is 0. The van der Waals surface area contributed by atoms with Gasteiger partial charge in [0.2, 0.25) is 0 Å². The number of hydrogen-bond acceptors (Lipinski definition) is 4. The van der Waals surface area contributed by atoms with E-state index in [1.165, 1.54) is 30.5 Å². The van der Waals surface area contributed by atoms with Gasteiger partial charge in [-0.1, -0.05) is 18.2 Å². The van der Waals surface area contributed by atoms with Crippen molar-refractivity contribution < 1.29 is 27.5 Å². The van der Waals surface area contributed by atoms with Crippen molar-refractivity contribution in [2.24, 2.45) is 10.7 Å². The minimum absolute atomic E-state index is 0.153. The van der Waals surface area contributed by atoms with Crippen molar-refractivity contribution >= 4 is 17.4 Å². The molecule has 4 N–H and O–H groups in total. The number of carbonyl (C=O) groups is 1. The van der Waals surface area contributed by atoms with Gasteiger partial charge < -0.3 is 16.2 Å². The maximum Gasteiger partial charge on any atom is 0.420 e. The SMILES string of the molecule is NC(/C=C\Nc1ccnc(C(O)C(F)(F)F)c1)=NC(=O)C1(c2ccccc2F)CC1. The van der Waals surface area contributed by atoms with Crippen LogP contribution in [0.3, 0.4) is 0 Å². The van der Waals surface area contributed by atoms with Gasteiger partial charge in [-0.05, 0) is 37.1 Å². The molecule has 6 nitrogen and oxygen atoms in total. The highest BCUT2D eigenvalue weighted by Gasteiger charge is 2.52. The second-order valence-electron chi connectivity index (χ2n) is 6.79. The fourth-order valence-corrected chi connectivity index (χ4v) is 2.91. The Balaban J connectivity index is 1.67. The lowest BCUT2D eigenvalue weighted by atomic mass is 9.94. The summed E-state index contributed by atoms with van der Waals surface area (Å²) in [6.45, 7) is 0. The number of aliphatic imine (C=N–C) groups is 1. The first kappa shape index (κ1) is 21.4. The number of aliphatic hydroxyl groups is 1. The number of amides is 1. The normalized spacial score (nSPS) is 17.0. The van der Waals surface area contributed by atoms with Crippen molar-refractivity contribution in [3.63, 3.8) is 0 Å². The Kier molecular flexibility index (Phi) is 5.88. The zero-order valence-corrected chi connectivity index (χ0v) is 15.5. The molecule has 1 heterocycles. The fraction of sp³-hybridized carbons (Fsp3) is 0.250. The summed E-state index contributed by atoms with van der Waals surface area (Å²) < 4.78 is 51.8. The minimum atomic E-state index is -4.84. The fourth-order valence-electron chi connectivity index (χ4n) is 2.91. The van der Waals surface area contributed by atoms with Crippen LogP contribution in [0, 0.1) is 5.82 Å². The van der Waals surface area contributed by atoms with E-state index >= 15 is 0 Å². The predicted octanol–water partition coefficient (Wildman–Crippen LogP) is 3.36. The zero-order valence-electron chi connectivity index (χ0n) is 15.5. The van der Waals surface area contributed by atoms with Crippen LogP contribution in [-0.4, -0.2) is 28.0 Å². The molecule has 3 rings (SSSR count). The summed E-state index contributed by atoms with van der Waals surface area (Å²) in [6.07, 6.45) is -2.99. The van der Waals surface area contributed by atoms with Crippen molar-refractivity contribution in [3.8, 4) is 0 Å². The highest BCUT2D eigenvalue weighted by atomic mass is 19.4. The third-order valence-electron chi connectivity index (χ3n) is 4.65. The molecule has 0 saturated heterocycles. The standard InChI is InChI=1S/C20H18F4N4O2/c21-14-4-2-1-3-13(14)19(7-8-19)18(30)28-16(25)6-10-26-12-5-9-27-15(11-12)17(29)20(22,23)24/h1-6,9-11,17,29H,7-8H2,(H,26,27)(H2,25,28,30)/b10-6-. The van der Waals surface area contributed by atoms with Gasteiger partial charge in [-0.15, -0.1) is 0 Å². The first-order chi connectivity index (χ1) is 14.1. The summed E-state index contributed by atoms with van der Waals surface area (Å²) in [4.78, 5) is 19.8. The Hall–Kier alpha value is -3.27. The Bertz CT molecular complexity index is 1000. The Morgan fingerprint density at radius 3 is 2.63 bits per heavy atom. The monoisotopic (exact) mass is 422 g/mol. The van der Waals surface area contributed by atoms with E-state index in [0.29, 0.717) is 12.8 Å². The largest absolute Gasteiger partial charge is 0.420 e. The van der Waals surface area contributed by atoms with Gasteiger partial charge in [-0.3, -0.25) is 9.78 Å². The number of anilines is 1. The second kappa shape index (κ2) is 8.23. The molecule has 1 amide bonds. The highest BCUT2D eigenvalue weighted by molar-refractivity contribution is 6.04. The number of amidine groups is 1. The molecule has 158 valence electrons. The van der Waals surface area contributed by atoms with E-state index in [9.17, 15) is 27.5 Å². The lowest BCUT2D eigenvalue weighted by Gasteiger charge is -2.14. The van der Waals surface area contributed by atoms with Crippen LogP contribution in [0.1, 0.15) is 30.2 Å². The van der Waals surface area contributed by atoms with Crippen molar-refractivity contribution in [2.45, 2.75) is 30.5 Å². The molecule has 30 heavy (non-hydrogen) atoms. The topological polar surface area (TPSA) is 101 Å². The van der Waals surface area contributed by atoms with Gasteiger partial charge in [-0.25, -0.2) is 4.39 Å². The minimum Gasteiger partial charge on any atom is -0.384 e. The van der Waals surface area contributed by atoms with E-state index in [4.69, 9.17) is 5.73 Å². The first-order valence-electron chi connectivity index (χ1n) is 8.91. The molecule has 1 saturated carbocycles. The molecule has 1 aliphatic rings. The third-order valence-corrected chi connectivity index (χ3v) is 4.65. The molecule has 1 aliphatic carbocycles. The van der Waals surface area contributed by atoms with Crippen molar-refractivity contribution in [2.75, 3.05) is 5.32 Å². The molecule has 1 fully saturated rings. The molecule has 1 atom stereocenters. The van der Waals surface area contributed by atoms with Crippen LogP contribution in [0.2, 0.25) is 0 Å². The van der Waals surface area contributed by atoms with Crippen LogP contribution >= 0.6 is 0 Å². The van der Waals surface area contributed by atoms with E-state index in [0.717, 1.165) is 12.3 Å². The average molecular weight is 422 g/mol. The summed E-state index contributed by atoms with van der Waals surface area (Å²) >= 11 is 0. The van der Waals surface area contributed by atoms with Gasteiger partial charge in [0.1, 0.15) is 11.7 Å². The molecule has 1 aromatic heterocycles. The van der Waals surface area contributed by atoms with Crippen molar-refractivity contribution in [1.29, 1.82) is 0 Å². The number of nitrogens with two attached hydrogens (primary N) is 1. The van der Waals surface area contributed by atoms with Crippen molar-refractivity contribution in [3.05, 3.63) is 71.9 Å². The van der Waals surface area contributed by atoms with E-state index in [1.54, 1.807) is 12.1 Å². The van der Waals surface area contributed by atoms with Gasteiger partial charge >= 0.3 is 6.18 Å². The first-order valence-corrected chi connectivity index (χ1v) is 8.91. The lowest BCUT2D eigenvalue weighted by molar-refractivity contribution is -0.207. The molecule has 0 spiro atoms. The van der Waals surface area contributed by atoms with Gasteiger partial charge in [-0.2, -0.15) is 18.2 Å². The molecule has 0 bridgehead atoms. The van der Waals surface area contributed by atoms with Crippen LogP contribution in [0.5, 0.6) is 0 Å². The zero-order chi connectivity index (χ0) is 21.9. The lowest BCUT2D eigenvalue weighted by Crippen LogP contribution is -2.23. The number of rotatable bonds is 6. The van der Waals surface area contributed by atoms with E-state index in [1.807, 2.05) is 0 Å². The van der Waals surface area contributed by atoms with E-state index < -0.39 is 35.1 Å². The number of carbonyl (C=O) groups excluding carboxylic acids is 1. The van der Waals surface area contributed by atoms with E-state index in [2.05, 4.69) is 15.3 Å². The molecule has 0 aliphatic heterocycles. The maximum atomic E-state index is 14.0. The summed E-state index contributed by atoms with van der Waals surface area (Å²) in [5.41, 5.74) is 4.63. The van der Waals surface area contributed by atoms with Gasteiger partial charge in [0, 0.05) is 23.6 Å². The quantitative estimate of drug-likeness (QED) is 0.377. The molecular weight excluding hydrogens is 404 g/mol. The van der Waals surface area contributed by atoms with Crippen LogP contribution in [0.15, 0.2) is 59.9 Å². The number of alkyl halides is 3. The number of nitrogens with zero attached hydrogens (tertiary/aromatic N) is 2. The number of halogens is 4. The van der Waals surface area contributed by atoms with Crippen LogP contribution in [0.4, 0.5) is 23.2 Å². The summed E-state index contributed by atoms with van der Waals surface area (Å²) in [5, 5.41) is 11.9. The Labute approximate surface area is 169 Å². The summed E-state index contributed by atoms with van der Waals surface area (Å²) in [5.74, 6) is -1.20. The molecular formula is C20H18F4N4O2. The second-order valence-corrected chi connectivity index (χ2v) is 6.79. The van der Waals surface area contributed by atoms with Gasteiger partial charge in [0.15, 0.2) is 6.10 Å². The smallest absolute Gasteiger partial charge is 0.384 e. The van der Waals surface area contributed by atoms with Crippen molar-refractivity contribution in [1.82, 2.24) is 4.98 Å². The molecule has 0 radical (unpaired) electrons. The summed E-state index contributed by atoms with van der Waals surface area (Å²) in [6, 6.07) is 8.40. The number of aliphatic hydroxyl groups excluding tert-OH is 1. The average Bonchev–Trinajstić information content (AvgIpc) is 3.49. The van der Waals surface area contributed by atoms with Crippen LogP contribution in [0.25, 0.3) is 0 Å². The van der Waals surface area contributed by atoms with Crippen LogP contribution < -0.4 is 11.1 Å². The number of hydrogen-bond donors (Lipinski definition) is 3. The molecule has 1 unspecified atom stereocenters. The number of pyridine rings is 1. The maximum absolute atomic E-state index is 14.0. The number of aromatic nitrogens is 1. The van der Waals surface area contributed by atoms with E-state index in [-0.39, 0.29) is 17.1 Å². The molecule has 1 aromatic carbocycles. The van der Waals surface area contributed by atoms with Gasteiger partial charge in [0.25, 0.3) is 5.91 Å². The Morgan fingerprint density at radius 1 is 1.30 bits per heavy atom. The van der Waals surface area contributed by atoms with Crippen LogP contribution in [-0.2, 0) is 10.2 Å². The van der Waals surface area contributed by atoms with Gasteiger partial charge in [0.05, 0.1) is 11.1 Å². The predicted molar refractivity (Wildman–Crippen MR) is 102 cm³/mol. The number of benzene rings is 1.